The van der Waals surface area contributed by atoms with Gasteiger partial charge in [0.05, 0.1) is 16.6 Å². The van der Waals surface area contributed by atoms with Crippen LogP contribution in [0.25, 0.3) is 44.4 Å². The molecule has 6 aromatic rings. The maximum absolute atomic E-state index is 3.64. The molecule has 0 saturated carbocycles. The number of fused-ring (bicyclic) bond motifs is 5. The van der Waals surface area contributed by atoms with Crippen molar-refractivity contribution in [1.29, 1.82) is 0 Å². The molecule has 0 aliphatic carbocycles. The van der Waals surface area contributed by atoms with Gasteiger partial charge in [0, 0.05) is 5.39 Å². The average Bonchev–Trinajstić information content (AvgIpc) is 3.29. The summed E-state index contributed by atoms with van der Waals surface area (Å²) in [6.45, 7) is 0. The third-order valence-corrected chi connectivity index (χ3v) is 5.39. The summed E-state index contributed by atoms with van der Waals surface area (Å²) in [4.78, 5) is 0. The summed E-state index contributed by atoms with van der Waals surface area (Å²) in [6, 6.07) is 39.8. The Morgan fingerprint density at radius 2 is 1.28 bits per heavy atom. The normalized spacial score (nSPS) is 11.2. The van der Waals surface area contributed by atoms with Crippen LogP contribution in [-0.4, -0.2) is 8.97 Å². The summed E-state index contributed by atoms with van der Waals surface area (Å²) in [5.74, 6) is 0. The summed E-state index contributed by atoms with van der Waals surface area (Å²) >= 11 is 0. The summed E-state index contributed by atoms with van der Waals surface area (Å²) in [6.07, 6.45) is 0. The minimum absolute atomic E-state index is 0. The van der Waals surface area contributed by atoms with Crippen LogP contribution in [0.5, 0.6) is 0 Å². The number of benzene rings is 4. The van der Waals surface area contributed by atoms with E-state index in [0.717, 1.165) is 16.9 Å². The molecule has 6 rings (SSSR count). The zero-order valence-electron chi connectivity index (χ0n) is 16.2. The van der Waals surface area contributed by atoms with Crippen LogP contribution in [0, 0.1) is 6.07 Å². The summed E-state index contributed by atoms with van der Waals surface area (Å²) in [5, 5.41) is 1.25. The summed E-state index contributed by atoms with van der Waals surface area (Å²) in [7, 11) is 0. The van der Waals surface area contributed by atoms with Crippen LogP contribution in [0.1, 0.15) is 0 Å². The Kier molecular flexibility index (Phi) is 4.32. The van der Waals surface area contributed by atoms with Crippen molar-refractivity contribution in [3.63, 3.8) is 0 Å². The Morgan fingerprint density at radius 3 is 2.10 bits per heavy atom. The van der Waals surface area contributed by atoms with Crippen molar-refractivity contribution >= 4 is 27.6 Å². The molecule has 4 aromatic carbocycles. The first-order valence-corrected chi connectivity index (χ1v) is 9.48. The molecule has 0 amide bonds. The predicted molar refractivity (Wildman–Crippen MR) is 116 cm³/mol. The second-order valence-corrected chi connectivity index (χ2v) is 7.04. The Morgan fingerprint density at radius 1 is 0.586 bits per heavy atom. The van der Waals surface area contributed by atoms with Crippen molar-refractivity contribution in [3.05, 3.63) is 109 Å². The van der Waals surface area contributed by atoms with Gasteiger partial charge in [0.25, 0.3) is 0 Å². The summed E-state index contributed by atoms with van der Waals surface area (Å²) in [5.41, 5.74) is 8.11. The molecule has 0 N–H and O–H groups in total. The molecule has 29 heavy (non-hydrogen) atoms. The Balaban J connectivity index is 0.00000181. The molecule has 0 fully saturated rings. The molecule has 0 atom stereocenters. The van der Waals surface area contributed by atoms with Gasteiger partial charge < -0.3 is 4.57 Å². The number of nitrogens with zero attached hydrogens (tertiary/aromatic N) is 2. The van der Waals surface area contributed by atoms with Crippen LogP contribution in [0.3, 0.4) is 0 Å². The molecule has 0 spiro atoms. The minimum Gasteiger partial charge on any atom is -0.312 e. The molecule has 2 aromatic heterocycles. The van der Waals surface area contributed by atoms with Gasteiger partial charge >= 0.3 is 18.9 Å². The van der Waals surface area contributed by atoms with E-state index < -0.39 is 0 Å². The van der Waals surface area contributed by atoms with Gasteiger partial charge in [0.1, 0.15) is 5.65 Å². The molecule has 0 aliphatic rings. The molecular formula is C26H17LiN2. The van der Waals surface area contributed by atoms with Gasteiger partial charge in [-0.1, -0.05) is 66.2 Å². The fraction of sp³-hybridized carbons (Fsp3) is 0. The number of aromatic nitrogens is 2. The van der Waals surface area contributed by atoms with E-state index in [1.807, 2.05) is 6.07 Å². The van der Waals surface area contributed by atoms with Gasteiger partial charge in [-0.05, 0) is 30.0 Å². The van der Waals surface area contributed by atoms with E-state index in [9.17, 15) is 0 Å². The molecular weight excluding hydrogens is 347 g/mol. The van der Waals surface area contributed by atoms with Crippen molar-refractivity contribution in [2.75, 3.05) is 0 Å². The van der Waals surface area contributed by atoms with Crippen LogP contribution >= 0.6 is 0 Å². The molecule has 0 aliphatic heterocycles. The van der Waals surface area contributed by atoms with Gasteiger partial charge in [-0.3, -0.25) is 4.40 Å². The monoisotopic (exact) mass is 364 g/mol. The standard InChI is InChI=1S/C26H17N2.Li/c1-2-9-19(10-3-1)20-12-8-13-22(17-20)27-24-15-6-7-16-25(24)28-23-14-5-4-11-21(23)18-26(27)28;/h1-16,18H;/q-1;+1. The first-order chi connectivity index (χ1) is 13.9. The van der Waals surface area contributed by atoms with Crippen LogP contribution < -0.4 is 18.9 Å². The van der Waals surface area contributed by atoms with E-state index in [0.29, 0.717) is 0 Å². The average molecular weight is 364 g/mol. The number of hydrogen-bond donors (Lipinski definition) is 0. The van der Waals surface area contributed by atoms with Gasteiger partial charge in [0.15, 0.2) is 0 Å². The molecule has 0 unspecified atom stereocenters. The molecule has 132 valence electrons. The molecule has 2 heterocycles. The zero-order valence-corrected chi connectivity index (χ0v) is 16.2. The van der Waals surface area contributed by atoms with Gasteiger partial charge in [-0.15, -0.1) is 29.8 Å². The van der Waals surface area contributed by atoms with Crippen molar-refractivity contribution < 1.29 is 18.9 Å². The topological polar surface area (TPSA) is 9.34 Å². The predicted octanol–water partition coefficient (Wildman–Crippen LogP) is 3.51. The Labute approximate surface area is 181 Å². The number of para-hydroxylation sites is 3. The second-order valence-electron chi connectivity index (χ2n) is 7.04. The van der Waals surface area contributed by atoms with E-state index in [4.69, 9.17) is 0 Å². The van der Waals surface area contributed by atoms with E-state index in [1.54, 1.807) is 0 Å². The fourth-order valence-corrected chi connectivity index (χ4v) is 4.15. The zero-order chi connectivity index (χ0) is 18.5. The number of imidazole rings is 1. The van der Waals surface area contributed by atoms with Crippen molar-refractivity contribution in [2.45, 2.75) is 0 Å². The maximum atomic E-state index is 3.64. The van der Waals surface area contributed by atoms with Crippen LogP contribution in [0.4, 0.5) is 0 Å². The van der Waals surface area contributed by atoms with E-state index in [2.05, 4.69) is 112 Å². The fourth-order valence-electron chi connectivity index (χ4n) is 4.15. The van der Waals surface area contributed by atoms with Crippen LogP contribution in [0.15, 0.2) is 103 Å². The first kappa shape index (κ1) is 17.9. The SMILES string of the molecule is [Li+].[c-]1c(-c2ccccc2)cccc1-n1c2ccccc2n2c3ccccc3cc12. The van der Waals surface area contributed by atoms with Crippen molar-refractivity contribution in [1.82, 2.24) is 8.97 Å². The van der Waals surface area contributed by atoms with E-state index in [1.165, 1.54) is 27.5 Å². The Hall–Kier alpha value is -3.18. The molecule has 2 nitrogen and oxygen atoms in total. The third kappa shape index (κ3) is 2.73. The molecule has 3 heteroatoms. The quantitative estimate of drug-likeness (QED) is 0.329. The Bertz CT molecular complexity index is 1460. The van der Waals surface area contributed by atoms with Crippen molar-refractivity contribution in [3.8, 4) is 16.8 Å². The second kappa shape index (κ2) is 7.01. The third-order valence-electron chi connectivity index (χ3n) is 5.39. The molecule has 0 radical (unpaired) electrons. The first-order valence-electron chi connectivity index (χ1n) is 9.48. The smallest absolute Gasteiger partial charge is 0.312 e. The minimum atomic E-state index is 0. The van der Waals surface area contributed by atoms with Crippen LogP contribution in [-0.2, 0) is 0 Å². The number of rotatable bonds is 2. The largest absolute Gasteiger partial charge is 1.00 e. The molecule has 0 bridgehead atoms. The van der Waals surface area contributed by atoms with Crippen molar-refractivity contribution in [2.24, 2.45) is 0 Å². The number of hydrogen-bond acceptors (Lipinski definition) is 0. The van der Waals surface area contributed by atoms with Crippen LogP contribution in [0.2, 0.25) is 0 Å². The summed E-state index contributed by atoms with van der Waals surface area (Å²) < 4.78 is 4.65. The molecule has 0 saturated heterocycles. The van der Waals surface area contributed by atoms with E-state index in [-0.39, 0.29) is 18.9 Å². The van der Waals surface area contributed by atoms with Gasteiger partial charge in [-0.2, -0.15) is 0 Å². The van der Waals surface area contributed by atoms with E-state index >= 15 is 0 Å². The maximum Gasteiger partial charge on any atom is 1.00 e. The van der Waals surface area contributed by atoms with Gasteiger partial charge in [-0.25, -0.2) is 0 Å². The van der Waals surface area contributed by atoms with Gasteiger partial charge in [0.2, 0.25) is 0 Å².